The third-order valence-corrected chi connectivity index (χ3v) is 1.60. The molecule has 0 heterocycles. The quantitative estimate of drug-likeness (QED) is 0.282. The number of nitroso groups, excluding NO2 is 1. The Morgan fingerprint density at radius 2 is 1.59 bits per heavy atom. The fourth-order valence-corrected chi connectivity index (χ4v) is 0.900. The molecule has 17 heavy (non-hydrogen) atoms. The van der Waals surface area contributed by atoms with Crippen LogP contribution in [0, 0.1) is 4.91 Å². The SMILES string of the molecule is CCOC(=O)COCCOCCOCCN=O. The first-order valence-electron chi connectivity index (χ1n) is 5.49. The Morgan fingerprint density at radius 3 is 2.18 bits per heavy atom. The first kappa shape index (κ1) is 16.0. The smallest absolute Gasteiger partial charge is 0.332 e. The highest BCUT2D eigenvalue weighted by molar-refractivity contribution is 5.70. The van der Waals surface area contributed by atoms with Crippen LogP contribution in [0.1, 0.15) is 6.92 Å². The van der Waals surface area contributed by atoms with Gasteiger partial charge >= 0.3 is 5.97 Å². The van der Waals surface area contributed by atoms with Crippen LogP contribution in [0.25, 0.3) is 0 Å². The zero-order chi connectivity index (χ0) is 12.8. The number of esters is 1. The van der Waals surface area contributed by atoms with Crippen molar-refractivity contribution in [3.8, 4) is 0 Å². The second-order valence-corrected chi connectivity index (χ2v) is 2.94. The lowest BCUT2D eigenvalue weighted by Crippen LogP contribution is -2.16. The fraction of sp³-hybridized carbons (Fsp3) is 0.900. The molecule has 0 spiro atoms. The molecule has 0 bridgehead atoms. The van der Waals surface area contributed by atoms with E-state index in [2.05, 4.69) is 9.91 Å². The lowest BCUT2D eigenvalue weighted by Gasteiger charge is -2.05. The summed E-state index contributed by atoms with van der Waals surface area (Å²) in [6.07, 6.45) is 0. The number of nitrogens with zero attached hydrogens (tertiary/aromatic N) is 1. The van der Waals surface area contributed by atoms with E-state index in [1.54, 1.807) is 6.92 Å². The Labute approximate surface area is 100 Å². The second-order valence-electron chi connectivity index (χ2n) is 2.94. The van der Waals surface area contributed by atoms with E-state index in [9.17, 15) is 9.70 Å². The average Bonchev–Trinajstić information content (AvgIpc) is 2.32. The van der Waals surface area contributed by atoms with Gasteiger partial charge in [-0.25, -0.2) is 4.79 Å². The van der Waals surface area contributed by atoms with Gasteiger partial charge in [-0.2, -0.15) is 4.91 Å². The van der Waals surface area contributed by atoms with E-state index < -0.39 is 0 Å². The lowest BCUT2D eigenvalue weighted by molar-refractivity contribution is -0.148. The van der Waals surface area contributed by atoms with Crippen molar-refractivity contribution in [3.05, 3.63) is 4.91 Å². The predicted octanol–water partition coefficient (Wildman–Crippen LogP) is 0.366. The molecule has 7 heteroatoms. The summed E-state index contributed by atoms with van der Waals surface area (Å²) in [4.78, 5) is 20.5. The molecule has 0 fully saturated rings. The number of carbonyl (C=O) groups is 1. The second kappa shape index (κ2) is 13.0. The van der Waals surface area contributed by atoms with Gasteiger partial charge in [0.25, 0.3) is 0 Å². The molecular formula is C10H19NO6. The van der Waals surface area contributed by atoms with Gasteiger partial charge in [0.15, 0.2) is 0 Å². The molecular weight excluding hydrogens is 230 g/mol. The van der Waals surface area contributed by atoms with Crippen molar-refractivity contribution in [2.75, 3.05) is 52.8 Å². The van der Waals surface area contributed by atoms with Crippen molar-refractivity contribution < 1.29 is 23.7 Å². The molecule has 100 valence electrons. The number of hydrogen-bond acceptors (Lipinski definition) is 7. The first-order valence-corrected chi connectivity index (χ1v) is 5.49. The molecule has 0 saturated heterocycles. The molecule has 0 atom stereocenters. The normalized spacial score (nSPS) is 10.2. The van der Waals surface area contributed by atoms with E-state index >= 15 is 0 Å². The van der Waals surface area contributed by atoms with Gasteiger partial charge in [0.05, 0.1) is 39.6 Å². The molecule has 0 aliphatic heterocycles. The van der Waals surface area contributed by atoms with E-state index in [4.69, 9.17) is 14.2 Å². The van der Waals surface area contributed by atoms with Crippen LogP contribution in [0.4, 0.5) is 0 Å². The van der Waals surface area contributed by atoms with Gasteiger partial charge in [-0.15, -0.1) is 0 Å². The Hall–Kier alpha value is -1.05. The Bertz CT molecular complexity index is 199. The summed E-state index contributed by atoms with van der Waals surface area (Å²) in [5.41, 5.74) is 0. The van der Waals surface area contributed by atoms with Gasteiger partial charge in [0, 0.05) is 0 Å². The standard InChI is InChI=1S/C10H19NO6/c1-2-17-10(12)9-16-8-7-15-6-5-14-4-3-11-13/h2-9H2,1H3. The largest absolute Gasteiger partial charge is 0.464 e. The van der Waals surface area contributed by atoms with Crippen molar-refractivity contribution in [2.45, 2.75) is 6.92 Å². The topological polar surface area (TPSA) is 83.4 Å². The summed E-state index contributed by atoms with van der Waals surface area (Å²) >= 11 is 0. The first-order chi connectivity index (χ1) is 8.31. The van der Waals surface area contributed by atoms with Crippen LogP contribution >= 0.6 is 0 Å². The summed E-state index contributed by atoms with van der Waals surface area (Å²) in [5, 5.41) is 2.65. The van der Waals surface area contributed by atoms with Gasteiger partial charge in [-0.1, -0.05) is 5.18 Å². The summed E-state index contributed by atoms with van der Waals surface area (Å²) in [5.74, 6) is -0.378. The number of rotatable bonds is 12. The maximum absolute atomic E-state index is 10.8. The Kier molecular flexibility index (Phi) is 12.2. The maximum atomic E-state index is 10.8. The van der Waals surface area contributed by atoms with Gasteiger partial charge in [0.1, 0.15) is 13.2 Å². The van der Waals surface area contributed by atoms with E-state index in [-0.39, 0.29) is 19.1 Å². The average molecular weight is 249 g/mol. The fourth-order valence-electron chi connectivity index (χ4n) is 0.900. The molecule has 0 amide bonds. The van der Waals surface area contributed by atoms with E-state index in [1.165, 1.54) is 0 Å². The molecule has 0 aliphatic rings. The molecule has 0 radical (unpaired) electrons. The molecule has 0 aromatic rings. The van der Waals surface area contributed by atoms with Crippen LogP contribution in [0.3, 0.4) is 0 Å². The molecule has 0 aliphatic carbocycles. The molecule has 0 aromatic heterocycles. The summed E-state index contributed by atoms with van der Waals surface area (Å²) in [7, 11) is 0. The van der Waals surface area contributed by atoms with Crippen LogP contribution in [0.5, 0.6) is 0 Å². The van der Waals surface area contributed by atoms with Crippen molar-refractivity contribution in [1.82, 2.24) is 0 Å². The van der Waals surface area contributed by atoms with E-state index in [1.807, 2.05) is 0 Å². The molecule has 0 N–H and O–H groups in total. The van der Waals surface area contributed by atoms with Crippen molar-refractivity contribution in [3.63, 3.8) is 0 Å². The Balaban J connectivity index is 3.03. The molecule has 0 saturated carbocycles. The number of carbonyl (C=O) groups excluding carboxylic acids is 1. The zero-order valence-corrected chi connectivity index (χ0v) is 10.1. The molecule has 0 rings (SSSR count). The highest BCUT2D eigenvalue weighted by atomic mass is 16.6. The van der Waals surface area contributed by atoms with Gasteiger partial charge in [-0.3, -0.25) is 0 Å². The summed E-state index contributed by atoms with van der Waals surface area (Å²) in [6, 6.07) is 0. The van der Waals surface area contributed by atoms with Crippen LogP contribution in [0.2, 0.25) is 0 Å². The van der Waals surface area contributed by atoms with Crippen LogP contribution in [-0.4, -0.2) is 58.8 Å². The van der Waals surface area contributed by atoms with Gasteiger partial charge < -0.3 is 18.9 Å². The van der Waals surface area contributed by atoms with E-state index in [0.29, 0.717) is 39.6 Å². The lowest BCUT2D eigenvalue weighted by atomic mass is 10.6. The van der Waals surface area contributed by atoms with Crippen molar-refractivity contribution in [2.24, 2.45) is 5.18 Å². The molecule has 0 aromatic carbocycles. The van der Waals surface area contributed by atoms with Gasteiger partial charge in [0.2, 0.25) is 0 Å². The third-order valence-electron chi connectivity index (χ3n) is 1.60. The highest BCUT2D eigenvalue weighted by Crippen LogP contribution is 1.84. The maximum Gasteiger partial charge on any atom is 0.332 e. The van der Waals surface area contributed by atoms with Crippen molar-refractivity contribution >= 4 is 5.97 Å². The van der Waals surface area contributed by atoms with Crippen LogP contribution < -0.4 is 0 Å². The van der Waals surface area contributed by atoms with Crippen LogP contribution in [0.15, 0.2) is 5.18 Å². The highest BCUT2D eigenvalue weighted by Gasteiger charge is 2.00. The molecule has 7 nitrogen and oxygen atoms in total. The monoisotopic (exact) mass is 249 g/mol. The Morgan fingerprint density at radius 1 is 1.00 bits per heavy atom. The van der Waals surface area contributed by atoms with Crippen molar-refractivity contribution in [1.29, 1.82) is 0 Å². The predicted molar refractivity (Wildman–Crippen MR) is 59.8 cm³/mol. The zero-order valence-electron chi connectivity index (χ0n) is 10.1. The third kappa shape index (κ3) is 12.9. The minimum atomic E-state index is -0.378. The molecule has 0 unspecified atom stereocenters. The van der Waals surface area contributed by atoms with Gasteiger partial charge in [-0.05, 0) is 6.92 Å². The summed E-state index contributed by atoms with van der Waals surface area (Å²) in [6.45, 7) is 4.04. The van der Waals surface area contributed by atoms with Crippen LogP contribution in [-0.2, 0) is 23.7 Å². The number of hydrogen-bond donors (Lipinski definition) is 0. The van der Waals surface area contributed by atoms with E-state index in [0.717, 1.165) is 0 Å². The minimum Gasteiger partial charge on any atom is -0.464 e. The minimum absolute atomic E-state index is 0.0568. The summed E-state index contributed by atoms with van der Waals surface area (Å²) < 4.78 is 19.8. The number of ether oxygens (including phenoxy) is 4.